The Balaban J connectivity index is 2.71. The van der Waals surface area contributed by atoms with E-state index >= 15 is 0 Å². The highest BCUT2D eigenvalue weighted by molar-refractivity contribution is 6.74. The fraction of sp³-hybridized carbons (Fsp3) is 0.812. The van der Waals surface area contributed by atoms with Gasteiger partial charge < -0.3 is 4.43 Å². The minimum atomic E-state index is -1.70. The van der Waals surface area contributed by atoms with Gasteiger partial charge in [-0.25, -0.2) is 0 Å². The Morgan fingerprint density at radius 2 is 2.05 bits per heavy atom. The molecule has 0 N–H and O–H groups in total. The second kappa shape index (κ2) is 5.53. The zero-order valence-corrected chi connectivity index (χ0v) is 14.5. The molecule has 0 aliphatic heterocycles. The zero-order valence-electron chi connectivity index (χ0n) is 13.5. The normalized spacial score (nSPS) is 29.4. The van der Waals surface area contributed by atoms with Crippen LogP contribution in [0.4, 0.5) is 0 Å². The van der Waals surface area contributed by atoms with Crippen LogP contribution in [0, 0.1) is 11.3 Å². The number of hydrogen-bond donors (Lipinski definition) is 0. The number of rotatable bonds is 4. The predicted molar refractivity (Wildman–Crippen MR) is 83.8 cm³/mol. The first-order chi connectivity index (χ1) is 8.52. The summed E-state index contributed by atoms with van der Waals surface area (Å²) < 4.78 is 6.35. The van der Waals surface area contributed by atoms with Crippen LogP contribution < -0.4 is 0 Å². The number of Topliss-reactive ketones (excluding diaryl/α,β-unsaturated/α-hetero) is 1. The number of hydrogen-bond acceptors (Lipinski definition) is 2. The van der Waals surface area contributed by atoms with Crippen molar-refractivity contribution in [3.05, 3.63) is 12.7 Å². The Labute approximate surface area is 119 Å². The summed E-state index contributed by atoms with van der Waals surface area (Å²) in [5.74, 6) is 0.794. The molecule has 1 aliphatic carbocycles. The van der Waals surface area contributed by atoms with Crippen LogP contribution >= 0.6 is 0 Å². The third kappa shape index (κ3) is 3.79. The van der Waals surface area contributed by atoms with E-state index in [0.29, 0.717) is 24.5 Å². The van der Waals surface area contributed by atoms with Crippen molar-refractivity contribution in [2.24, 2.45) is 11.3 Å². The number of carbonyl (C=O) groups excluding carboxylic acids is 1. The average molecular weight is 282 g/mol. The van der Waals surface area contributed by atoms with Crippen molar-refractivity contribution in [2.45, 2.75) is 65.1 Å². The summed E-state index contributed by atoms with van der Waals surface area (Å²) in [6.45, 7) is 18.2. The van der Waals surface area contributed by atoms with E-state index in [9.17, 15) is 4.79 Å². The predicted octanol–water partition coefficient (Wildman–Crippen LogP) is 4.57. The van der Waals surface area contributed by atoms with E-state index in [1.165, 1.54) is 0 Å². The van der Waals surface area contributed by atoms with Crippen LogP contribution in [0.1, 0.15) is 47.0 Å². The summed E-state index contributed by atoms with van der Waals surface area (Å²) in [7, 11) is -1.70. The van der Waals surface area contributed by atoms with Gasteiger partial charge in [-0.05, 0) is 35.9 Å². The third-order valence-corrected chi connectivity index (χ3v) is 9.70. The van der Waals surface area contributed by atoms with Crippen LogP contribution in [-0.4, -0.2) is 20.7 Å². The van der Waals surface area contributed by atoms with E-state index in [1.807, 2.05) is 6.08 Å². The van der Waals surface area contributed by atoms with E-state index < -0.39 is 8.32 Å². The molecule has 110 valence electrons. The van der Waals surface area contributed by atoms with Crippen LogP contribution in [-0.2, 0) is 9.22 Å². The van der Waals surface area contributed by atoms with Crippen LogP contribution in [0.2, 0.25) is 18.1 Å². The largest absolute Gasteiger partial charge is 0.417 e. The van der Waals surface area contributed by atoms with Crippen LogP contribution in [0.3, 0.4) is 0 Å². The van der Waals surface area contributed by atoms with Crippen molar-refractivity contribution in [1.29, 1.82) is 0 Å². The van der Waals surface area contributed by atoms with Gasteiger partial charge >= 0.3 is 0 Å². The maximum absolute atomic E-state index is 11.7. The Morgan fingerprint density at radius 3 is 2.53 bits per heavy atom. The molecule has 0 amide bonds. The summed E-state index contributed by atoms with van der Waals surface area (Å²) >= 11 is 0. The third-order valence-electron chi connectivity index (χ3n) is 5.20. The van der Waals surface area contributed by atoms with Crippen molar-refractivity contribution in [1.82, 2.24) is 0 Å². The number of allylic oxidation sites excluding steroid dienone is 1. The first-order valence-electron chi connectivity index (χ1n) is 7.31. The van der Waals surface area contributed by atoms with Gasteiger partial charge in [-0.2, -0.15) is 0 Å². The van der Waals surface area contributed by atoms with Crippen LogP contribution in [0.5, 0.6) is 0 Å². The second-order valence-electron chi connectivity index (χ2n) is 7.73. The summed E-state index contributed by atoms with van der Waals surface area (Å²) in [6, 6.07) is 0. The lowest BCUT2D eigenvalue weighted by atomic mass is 9.67. The van der Waals surface area contributed by atoms with Crippen molar-refractivity contribution in [3.8, 4) is 0 Å². The van der Waals surface area contributed by atoms with Crippen molar-refractivity contribution >= 4 is 14.1 Å². The molecule has 0 spiro atoms. The van der Waals surface area contributed by atoms with E-state index in [0.717, 1.165) is 13.0 Å². The second-order valence-corrected chi connectivity index (χ2v) is 12.5. The quantitative estimate of drug-likeness (QED) is 0.558. The first-order valence-corrected chi connectivity index (χ1v) is 10.2. The van der Waals surface area contributed by atoms with Crippen LogP contribution in [0.15, 0.2) is 12.7 Å². The molecule has 0 aromatic rings. The fourth-order valence-corrected chi connectivity index (χ4v) is 3.41. The van der Waals surface area contributed by atoms with Gasteiger partial charge in [0.05, 0.1) is 0 Å². The smallest absolute Gasteiger partial charge is 0.191 e. The van der Waals surface area contributed by atoms with E-state index in [2.05, 4.69) is 47.4 Å². The van der Waals surface area contributed by atoms with E-state index in [-0.39, 0.29) is 10.5 Å². The maximum atomic E-state index is 11.7. The summed E-state index contributed by atoms with van der Waals surface area (Å²) in [5, 5.41) is 0.238. The molecule has 19 heavy (non-hydrogen) atoms. The highest BCUT2D eigenvalue weighted by Crippen LogP contribution is 2.43. The lowest BCUT2D eigenvalue weighted by Gasteiger charge is -2.42. The van der Waals surface area contributed by atoms with Gasteiger partial charge in [0.25, 0.3) is 0 Å². The molecule has 0 radical (unpaired) electrons. The summed E-state index contributed by atoms with van der Waals surface area (Å²) in [5.41, 5.74) is -0.0856. The van der Waals surface area contributed by atoms with Gasteiger partial charge in [-0.1, -0.05) is 33.8 Å². The minimum absolute atomic E-state index is 0.0856. The SMILES string of the molecule is C=C[C@]1(C)CC(=O)CC[C@H]1CO[Si](C)(C)C(C)(C)C. The molecule has 1 fully saturated rings. The molecule has 1 rings (SSSR count). The lowest BCUT2D eigenvalue weighted by Crippen LogP contribution is -2.44. The highest BCUT2D eigenvalue weighted by atomic mass is 28.4. The maximum Gasteiger partial charge on any atom is 0.191 e. The molecule has 3 heteroatoms. The van der Waals surface area contributed by atoms with E-state index in [1.54, 1.807) is 0 Å². The number of ketones is 1. The van der Waals surface area contributed by atoms with E-state index in [4.69, 9.17) is 4.43 Å². The van der Waals surface area contributed by atoms with Crippen molar-refractivity contribution in [2.75, 3.05) is 6.61 Å². The fourth-order valence-electron chi connectivity index (χ4n) is 2.36. The van der Waals surface area contributed by atoms with Gasteiger partial charge in [-0.15, -0.1) is 6.58 Å². The van der Waals surface area contributed by atoms with Gasteiger partial charge in [-0.3, -0.25) is 4.79 Å². The average Bonchev–Trinajstić information content (AvgIpc) is 2.26. The van der Waals surface area contributed by atoms with Crippen molar-refractivity contribution in [3.63, 3.8) is 0 Å². The molecule has 2 atom stereocenters. The molecular weight excluding hydrogens is 252 g/mol. The molecule has 2 nitrogen and oxygen atoms in total. The molecular formula is C16H30O2Si. The summed E-state index contributed by atoms with van der Waals surface area (Å²) in [6.07, 6.45) is 4.23. The molecule has 0 unspecified atom stereocenters. The molecule has 1 aliphatic rings. The Hall–Kier alpha value is -0.413. The van der Waals surface area contributed by atoms with Crippen molar-refractivity contribution < 1.29 is 9.22 Å². The van der Waals surface area contributed by atoms with Crippen LogP contribution in [0.25, 0.3) is 0 Å². The molecule has 0 heterocycles. The summed E-state index contributed by atoms with van der Waals surface area (Å²) in [4.78, 5) is 11.7. The minimum Gasteiger partial charge on any atom is -0.417 e. The zero-order chi connectivity index (χ0) is 14.9. The standard InChI is InChI=1S/C16H30O2Si/c1-8-16(5)11-14(17)10-9-13(16)12-18-19(6,7)15(2,3)4/h8,13H,1,9-12H2,2-7H3/t13-,16+/m0/s1. The topological polar surface area (TPSA) is 26.3 Å². The van der Waals surface area contributed by atoms with Gasteiger partial charge in [0.15, 0.2) is 8.32 Å². The molecule has 0 bridgehead atoms. The molecule has 0 aromatic heterocycles. The Bertz CT molecular complexity index is 354. The monoisotopic (exact) mass is 282 g/mol. The molecule has 1 saturated carbocycles. The van der Waals surface area contributed by atoms with Gasteiger partial charge in [0.2, 0.25) is 0 Å². The highest BCUT2D eigenvalue weighted by Gasteiger charge is 2.41. The molecule has 0 saturated heterocycles. The lowest BCUT2D eigenvalue weighted by molar-refractivity contribution is -0.124. The number of carbonyl (C=O) groups is 1. The van der Waals surface area contributed by atoms with Gasteiger partial charge in [0, 0.05) is 19.4 Å². The Kier molecular flexibility index (Phi) is 4.84. The van der Waals surface area contributed by atoms with Gasteiger partial charge in [0.1, 0.15) is 5.78 Å². The molecule has 0 aromatic carbocycles. The first kappa shape index (κ1) is 16.6. The Morgan fingerprint density at radius 1 is 1.47 bits per heavy atom.